The van der Waals surface area contributed by atoms with Gasteiger partial charge in [0.15, 0.2) is 0 Å². The number of hydrogen-bond donors (Lipinski definition) is 1. The van der Waals surface area contributed by atoms with Crippen LogP contribution in [0.5, 0.6) is 0 Å². The van der Waals surface area contributed by atoms with E-state index < -0.39 is 13.2 Å². The molecular formula is C35H33NOP+. The molecule has 0 aromatic heterocycles. The van der Waals surface area contributed by atoms with Crippen molar-refractivity contribution in [1.29, 1.82) is 0 Å². The van der Waals surface area contributed by atoms with Gasteiger partial charge < -0.3 is 5.73 Å². The molecule has 0 bridgehead atoms. The smallest absolute Gasteiger partial charge is 0.253 e. The van der Waals surface area contributed by atoms with E-state index in [4.69, 9.17) is 5.73 Å². The number of amides is 1. The molecule has 0 aliphatic carbocycles. The highest BCUT2D eigenvalue weighted by molar-refractivity contribution is 7.95. The molecule has 0 saturated heterocycles. The Hall–Kier alpha value is -4.00. The van der Waals surface area contributed by atoms with Gasteiger partial charge >= 0.3 is 0 Å². The highest BCUT2D eigenvalue weighted by atomic mass is 31.2. The predicted molar refractivity (Wildman–Crippen MR) is 163 cm³/mol. The minimum atomic E-state index is -2.35. The van der Waals surface area contributed by atoms with Gasteiger partial charge in [0.2, 0.25) is 0 Å². The quantitative estimate of drug-likeness (QED) is 0.221. The van der Waals surface area contributed by atoms with Crippen molar-refractivity contribution in [1.82, 2.24) is 0 Å². The average Bonchev–Trinajstić information content (AvgIpc) is 2.97. The minimum absolute atomic E-state index is 0.308. The van der Waals surface area contributed by atoms with Gasteiger partial charge in [-0.05, 0) is 58.5 Å². The van der Waals surface area contributed by atoms with Crippen LogP contribution in [0, 0.1) is 0 Å². The van der Waals surface area contributed by atoms with Gasteiger partial charge in [-0.25, -0.2) is 0 Å². The van der Waals surface area contributed by atoms with Crippen LogP contribution in [-0.4, -0.2) is 5.91 Å². The lowest BCUT2D eigenvalue weighted by Crippen LogP contribution is -2.37. The molecule has 0 aliphatic heterocycles. The van der Waals surface area contributed by atoms with E-state index in [9.17, 15) is 4.79 Å². The molecule has 0 unspecified atom stereocenters. The van der Waals surface area contributed by atoms with E-state index in [1.165, 1.54) is 21.7 Å². The fraction of sp³-hybridized carbons (Fsp3) is 0.114. The molecule has 2 N–H and O–H groups in total. The first-order valence-corrected chi connectivity index (χ1v) is 15.1. The molecule has 0 aliphatic rings. The van der Waals surface area contributed by atoms with Crippen molar-refractivity contribution < 1.29 is 4.79 Å². The van der Waals surface area contributed by atoms with Crippen LogP contribution in [0.1, 0.15) is 41.3 Å². The standard InChI is InChI=1S/C35H32NOP/c1-26(2)30-21-12-13-22-31(30)32-23-14-24-33(34(32)35(36)37)38(28-17-8-4-9-18-28,29-19-10-5-11-20-29)25-27-15-6-3-7-16-27/h3-24,26H,25H2,1-2H3,(H-,36,37)/p+1. The maximum absolute atomic E-state index is 13.5. The lowest BCUT2D eigenvalue weighted by molar-refractivity contribution is 0.100. The molecule has 38 heavy (non-hydrogen) atoms. The molecule has 2 nitrogen and oxygen atoms in total. The first kappa shape index (κ1) is 25.6. The molecule has 3 heteroatoms. The number of nitrogens with two attached hydrogens (primary N) is 1. The Morgan fingerprint density at radius 2 is 1.13 bits per heavy atom. The van der Waals surface area contributed by atoms with Crippen molar-refractivity contribution in [2.24, 2.45) is 5.73 Å². The fourth-order valence-electron chi connectivity index (χ4n) is 5.50. The van der Waals surface area contributed by atoms with Crippen LogP contribution in [-0.2, 0) is 6.16 Å². The molecule has 0 atom stereocenters. The number of primary amides is 1. The second-order valence-corrected chi connectivity index (χ2v) is 13.4. The minimum Gasteiger partial charge on any atom is -0.365 e. The van der Waals surface area contributed by atoms with Gasteiger partial charge in [0, 0.05) is 0 Å². The lowest BCUT2D eigenvalue weighted by Gasteiger charge is -2.30. The van der Waals surface area contributed by atoms with E-state index in [1.54, 1.807) is 0 Å². The van der Waals surface area contributed by atoms with Gasteiger partial charge in [-0.3, -0.25) is 4.79 Å². The molecule has 0 heterocycles. The summed E-state index contributed by atoms with van der Waals surface area (Å²) in [6.07, 6.45) is 0.789. The number of rotatable bonds is 8. The summed E-state index contributed by atoms with van der Waals surface area (Å²) in [5.74, 6) is -0.0823. The zero-order valence-electron chi connectivity index (χ0n) is 21.9. The van der Waals surface area contributed by atoms with Crippen molar-refractivity contribution in [3.8, 4) is 11.1 Å². The summed E-state index contributed by atoms with van der Waals surface area (Å²) in [6, 6.07) is 46.6. The van der Waals surface area contributed by atoms with Crippen LogP contribution in [0.4, 0.5) is 0 Å². The van der Waals surface area contributed by atoms with E-state index in [0.717, 1.165) is 22.6 Å². The molecule has 5 rings (SSSR count). The largest absolute Gasteiger partial charge is 0.365 e. The first-order valence-electron chi connectivity index (χ1n) is 13.1. The van der Waals surface area contributed by atoms with Gasteiger partial charge in [0.1, 0.15) is 23.2 Å². The van der Waals surface area contributed by atoms with Crippen molar-refractivity contribution in [3.05, 3.63) is 150 Å². The maximum atomic E-state index is 13.5. The van der Waals surface area contributed by atoms with Crippen LogP contribution < -0.4 is 21.6 Å². The second kappa shape index (κ2) is 11.2. The molecule has 0 radical (unpaired) electrons. The summed E-state index contributed by atoms with van der Waals surface area (Å²) in [6.45, 7) is 4.38. The van der Waals surface area contributed by atoms with Gasteiger partial charge in [0.25, 0.3) is 5.91 Å². The summed E-state index contributed by atoms with van der Waals surface area (Å²) < 4.78 is 0. The zero-order chi connectivity index (χ0) is 26.5. The third-order valence-corrected chi connectivity index (χ3v) is 11.6. The summed E-state index contributed by atoms with van der Waals surface area (Å²) in [7, 11) is -2.35. The molecular weight excluding hydrogens is 481 g/mol. The van der Waals surface area contributed by atoms with E-state index >= 15 is 0 Å². The van der Waals surface area contributed by atoms with Gasteiger partial charge in [-0.15, -0.1) is 0 Å². The molecule has 1 amide bonds. The van der Waals surface area contributed by atoms with Crippen LogP contribution >= 0.6 is 7.26 Å². The molecule has 0 fully saturated rings. The summed E-state index contributed by atoms with van der Waals surface area (Å²) in [5.41, 5.74) is 11.3. The van der Waals surface area contributed by atoms with Crippen molar-refractivity contribution in [3.63, 3.8) is 0 Å². The van der Waals surface area contributed by atoms with Crippen LogP contribution in [0.2, 0.25) is 0 Å². The number of carbonyl (C=O) groups excluding carboxylic acids is 1. The second-order valence-electron chi connectivity index (χ2n) is 9.93. The summed E-state index contributed by atoms with van der Waals surface area (Å²) in [5, 5.41) is 3.49. The Balaban J connectivity index is 1.90. The zero-order valence-corrected chi connectivity index (χ0v) is 22.8. The molecule has 5 aromatic rings. The van der Waals surface area contributed by atoms with Gasteiger partial charge in [-0.2, -0.15) is 0 Å². The Morgan fingerprint density at radius 3 is 1.68 bits per heavy atom. The van der Waals surface area contributed by atoms with Gasteiger partial charge in [0.05, 0.1) is 11.7 Å². The predicted octanol–water partition coefficient (Wildman–Crippen LogP) is 7.07. The number of benzene rings is 5. The topological polar surface area (TPSA) is 43.1 Å². The van der Waals surface area contributed by atoms with Gasteiger partial charge in [-0.1, -0.05) is 117 Å². The van der Waals surface area contributed by atoms with Crippen molar-refractivity contribution in [2.45, 2.75) is 25.9 Å². The van der Waals surface area contributed by atoms with E-state index in [1.807, 2.05) is 12.1 Å². The monoisotopic (exact) mass is 514 g/mol. The van der Waals surface area contributed by atoms with Crippen LogP contribution in [0.15, 0.2) is 133 Å². The average molecular weight is 515 g/mol. The molecule has 0 spiro atoms. The highest BCUT2D eigenvalue weighted by Crippen LogP contribution is 2.59. The SMILES string of the molecule is CC(C)c1ccccc1-c1cccc([P+](Cc2ccccc2)(c2ccccc2)c2ccccc2)c1C(N)=O. The van der Waals surface area contributed by atoms with E-state index in [0.29, 0.717) is 11.5 Å². The highest BCUT2D eigenvalue weighted by Gasteiger charge is 2.48. The lowest BCUT2D eigenvalue weighted by atomic mass is 9.90. The van der Waals surface area contributed by atoms with Crippen molar-refractivity contribution in [2.75, 3.05) is 0 Å². The van der Waals surface area contributed by atoms with Crippen LogP contribution in [0.25, 0.3) is 11.1 Å². The number of carbonyl (C=O) groups is 1. The van der Waals surface area contributed by atoms with E-state index in [2.05, 4.69) is 135 Å². The molecule has 5 aromatic carbocycles. The Morgan fingerprint density at radius 1 is 0.632 bits per heavy atom. The first-order chi connectivity index (χ1) is 18.5. The van der Waals surface area contributed by atoms with E-state index in [-0.39, 0.29) is 0 Å². The Bertz CT molecular complexity index is 1490. The normalized spacial score (nSPS) is 11.4. The molecule has 0 saturated carbocycles. The Labute approximate surface area is 226 Å². The summed E-state index contributed by atoms with van der Waals surface area (Å²) in [4.78, 5) is 13.5. The third kappa shape index (κ3) is 4.80. The third-order valence-electron chi connectivity index (χ3n) is 7.23. The Kier molecular flexibility index (Phi) is 7.54. The van der Waals surface area contributed by atoms with Crippen LogP contribution in [0.3, 0.4) is 0 Å². The summed E-state index contributed by atoms with van der Waals surface area (Å²) >= 11 is 0. The van der Waals surface area contributed by atoms with Crippen molar-refractivity contribution >= 4 is 29.1 Å². The number of hydrogen-bond acceptors (Lipinski definition) is 1. The fourth-order valence-corrected chi connectivity index (χ4v) is 9.97. The molecule has 188 valence electrons. The maximum Gasteiger partial charge on any atom is 0.253 e.